The van der Waals surface area contributed by atoms with Crippen LogP contribution in [0, 0.1) is 6.92 Å². The Morgan fingerprint density at radius 2 is 1.84 bits per heavy atom. The van der Waals surface area contributed by atoms with E-state index in [9.17, 15) is 9.59 Å². The van der Waals surface area contributed by atoms with E-state index in [-0.39, 0.29) is 6.61 Å². The number of benzene rings is 1. The number of hydrogen-bond acceptors (Lipinski definition) is 4. The van der Waals surface area contributed by atoms with E-state index in [4.69, 9.17) is 27.9 Å². The molecule has 7 heteroatoms. The summed E-state index contributed by atoms with van der Waals surface area (Å²) in [6.45, 7) is 4.17. The van der Waals surface area contributed by atoms with Crippen molar-refractivity contribution >= 4 is 29.3 Å². The van der Waals surface area contributed by atoms with Crippen LogP contribution in [0.1, 0.15) is 38.2 Å². The van der Waals surface area contributed by atoms with Gasteiger partial charge in [0.25, 0.3) is 5.56 Å². The molecule has 5 nitrogen and oxygen atoms in total. The first-order chi connectivity index (χ1) is 11.9. The van der Waals surface area contributed by atoms with Crippen molar-refractivity contribution in [3.8, 4) is 11.3 Å². The minimum Gasteiger partial charge on any atom is -0.448 e. The van der Waals surface area contributed by atoms with Crippen molar-refractivity contribution in [1.29, 1.82) is 0 Å². The molecule has 1 aromatic heterocycles. The second-order valence-electron chi connectivity index (χ2n) is 5.71. The number of carbonyl (C=O) groups excluding carboxylic acids is 1. The minimum atomic E-state index is -0.785. The molecular weight excluding hydrogens is 363 g/mol. The highest BCUT2D eigenvalue weighted by Crippen LogP contribution is 2.29. The van der Waals surface area contributed by atoms with Crippen LogP contribution in [0.2, 0.25) is 10.0 Å². The second-order valence-corrected chi connectivity index (χ2v) is 6.52. The number of aromatic nitrogens is 2. The largest absolute Gasteiger partial charge is 0.448 e. The molecule has 0 saturated carbocycles. The van der Waals surface area contributed by atoms with Crippen LogP contribution < -0.4 is 5.56 Å². The standard InChI is InChI=1S/C18H20Cl2N2O3/c1-3-4-5-6-9-25-18(24)22-17(23)8-7-16(21-22)13-10-14(19)12(2)15(20)11-13/h7-8,10-11H,3-6,9H2,1-2H3. The summed E-state index contributed by atoms with van der Waals surface area (Å²) >= 11 is 12.3. The lowest BCUT2D eigenvalue weighted by Crippen LogP contribution is -2.30. The number of ether oxygens (including phenoxy) is 1. The van der Waals surface area contributed by atoms with E-state index >= 15 is 0 Å². The van der Waals surface area contributed by atoms with Crippen molar-refractivity contribution in [2.24, 2.45) is 0 Å². The molecule has 0 bridgehead atoms. The number of unbranched alkanes of at least 4 members (excludes halogenated alkanes) is 3. The molecule has 0 atom stereocenters. The van der Waals surface area contributed by atoms with Gasteiger partial charge in [0.15, 0.2) is 0 Å². The topological polar surface area (TPSA) is 61.2 Å². The van der Waals surface area contributed by atoms with Gasteiger partial charge in [-0.25, -0.2) is 4.79 Å². The molecule has 2 rings (SSSR count). The number of carbonyl (C=O) groups is 1. The van der Waals surface area contributed by atoms with Gasteiger partial charge in [-0.3, -0.25) is 4.79 Å². The third-order valence-corrected chi connectivity index (χ3v) is 4.56. The molecule has 0 amide bonds. The molecule has 0 radical (unpaired) electrons. The van der Waals surface area contributed by atoms with Crippen molar-refractivity contribution in [1.82, 2.24) is 9.78 Å². The fourth-order valence-electron chi connectivity index (χ4n) is 2.24. The van der Waals surface area contributed by atoms with Gasteiger partial charge in [-0.05, 0) is 37.1 Å². The Hall–Kier alpha value is -1.85. The Bertz CT molecular complexity index is 795. The summed E-state index contributed by atoms with van der Waals surface area (Å²) in [7, 11) is 0. The van der Waals surface area contributed by atoms with Gasteiger partial charge in [0.1, 0.15) is 0 Å². The van der Waals surface area contributed by atoms with Gasteiger partial charge < -0.3 is 4.74 Å². The Morgan fingerprint density at radius 1 is 1.16 bits per heavy atom. The van der Waals surface area contributed by atoms with E-state index in [1.165, 1.54) is 12.1 Å². The number of rotatable bonds is 6. The Kier molecular flexibility index (Phi) is 7.02. The molecule has 1 heterocycles. The summed E-state index contributed by atoms with van der Waals surface area (Å²) in [4.78, 5) is 24.0. The molecule has 0 N–H and O–H groups in total. The van der Waals surface area contributed by atoms with Gasteiger partial charge in [-0.15, -0.1) is 4.68 Å². The van der Waals surface area contributed by atoms with E-state index in [0.717, 1.165) is 35.9 Å². The highest BCUT2D eigenvalue weighted by atomic mass is 35.5. The summed E-state index contributed by atoms with van der Waals surface area (Å²) in [5.41, 5.74) is 1.23. The minimum absolute atomic E-state index is 0.263. The lowest BCUT2D eigenvalue weighted by atomic mass is 10.1. The number of halogens is 2. The molecule has 1 aromatic carbocycles. The van der Waals surface area contributed by atoms with Crippen LogP contribution in [0.15, 0.2) is 29.1 Å². The molecule has 0 aliphatic carbocycles. The van der Waals surface area contributed by atoms with E-state index in [1.807, 2.05) is 0 Å². The second kappa shape index (κ2) is 9.02. The van der Waals surface area contributed by atoms with Crippen molar-refractivity contribution < 1.29 is 9.53 Å². The lowest BCUT2D eigenvalue weighted by Gasteiger charge is -2.09. The van der Waals surface area contributed by atoms with Crippen molar-refractivity contribution in [3.05, 3.63) is 50.2 Å². The molecular formula is C18H20Cl2N2O3. The number of nitrogens with zero attached hydrogens (tertiary/aromatic N) is 2. The fraction of sp³-hybridized carbons (Fsp3) is 0.389. The molecule has 25 heavy (non-hydrogen) atoms. The average molecular weight is 383 g/mol. The lowest BCUT2D eigenvalue weighted by molar-refractivity contribution is 0.140. The van der Waals surface area contributed by atoms with Crippen LogP contribution in [-0.4, -0.2) is 22.5 Å². The Balaban J connectivity index is 2.20. The van der Waals surface area contributed by atoms with Crippen LogP contribution in [0.5, 0.6) is 0 Å². The van der Waals surface area contributed by atoms with Crippen LogP contribution in [-0.2, 0) is 4.74 Å². The van der Waals surface area contributed by atoms with Gasteiger partial charge in [0.2, 0.25) is 0 Å². The molecule has 0 aliphatic heterocycles. The van der Waals surface area contributed by atoms with Crippen molar-refractivity contribution in [3.63, 3.8) is 0 Å². The molecule has 0 fully saturated rings. The summed E-state index contributed by atoms with van der Waals surface area (Å²) in [6.07, 6.45) is 3.13. The first-order valence-corrected chi connectivity index (χ1v) is 8.93. The molecule has 134 valence electrons. The maximum Gasteiger partial charge on any atom is 0.438 e. The predicted octanol–water partition coefficient (Wildman–Crippen LogP) is 5.09. The SMILES string of the molecule is CCCCCCOC(=O)n1nc(-c2cc(Cl)c(C)c(Cl)c2)ccc1=O. The third-order valence-electron chi connectivity index (χ3n) is 3.77. The quantitative estimate of drug-likeness (QED) is 0.652. The highest BCUT2D eigenvalue weighted by molar-refractivity contribution is 6.36. The monoisotopic (exact) mass is 382 g/mol. The van der Waals surface area contributed by atoms with E-state index in [1.54, 1.807) is 19.1 Å². The van der Waals surface area contributed by atoms with Gasteiger partial charge in [0.05, 0.1) is 12.3 Å². The van der Waals surface area contributed by atoms with E-state index < -0.39 is 11.7 Å². The predicted molar refractivity (Wildman–Crippen MR) is 99.6 cm³/mol. The molecule has 0 saturated heterocycles. The smallest absolute Gasteiger partial charge is 0.438 e. The van der Waals surface area contributed by atoms with Crippen LogP contribution in [0.3, 0.4) is 0 Å². The van der Waals surface area contributed by atoms with E-state index in [2.05, 4.69) is 12.0 Å². The summed E-state index contributed by atoms with van der Waals surface area (Å²) < 4.78 is 5.84. The zero-order valence-electron chi connectivity index (χ0n) is 14.2. The summed E-state index contributed by atoms with van der Waals surface area (Å²) in [6, 6.07) is 6.17. The van der Waals surface area contributed by atoms with Crippen molar-refractivity contribution in [2.75, 3.05) is 6.61 Å². The van der Waals surface area contributed by atoms with Crippen LogP contribution in [0.4, 0.5) is 4.79 Å². The third kappa shape index (κ3) is 5.06. The Morgan fingerprint density at radius 3 is 2.48 bits per heavy atom. The van der Waals surface area contributed by atoms with E-state index in [0.29, 0.717) is 21.3 Å². The van der Waals surface area contributed by atoms with Crippen LogP contribution >= 0.6 is 23.2 Å². The van der Waals surface area contributed by atoms with Gasteiger partial charge >= 0.3 is 6.09 Å². The number of hydrogen-bond donors (Lipinski definition) is 0. The molecule has 0 aliphatic rings. The average Bonchev–Trinajstić information content (AvgIpc) is 2.59. The van der Waals surface area contributed by atoms with Gasteiger partial charge in [0, 0.05) is 21.7 Å². The van der Waals surface area contributed by atoms with Gasteiger partial charge in [-0.1, -0.05) is 49.4 Å². The maximum absolute atomic E-state index is 12.1. The zero-order valence-corrected chi connectivity index (χ0v) is 15.7. The zero-order chi connectivity index (χ0) is 18.4. The molecule has 2 aromatic rings. The molecule has 0 unspecified atom stereocenters. The Labute approximate surface area is 156 Å². The normalized spacial score (nSPS) is 10.7. The molecule has 0 spiro atoms. The van der Waals surface area contributed by atoms with Gasteiger partial charge in [-0.2, -0.15) is 5.10 Å². The first-order valence-electron chi connectivity index (χ1n) is 8.17. The van der Waals surface area contributed by atoms with Crippen molar-refractivity contribution in [2.45, 2.75) is 39.5 Å². The van der Waals surface area contributed by atoms with Crippen LogP contribution in [0.25, 0.3) is 11.3 Å². The summed E-state index contributed by atoms with van der Waals surface area (Å²) in [5.74, 6) is 0. The fourth-order valence-corrected chi connectivity index (χ4v) is 2.73. The maximum atomic E-state index is 12.1. The highest BCUT2D eigenvalue weighted by Gasteiger charge is 2.13. The first kappa shape index (κ1) is 19.5. The summed E-state index contributed by atoms with van der Waals surface area (Å²) in [5, 5.41) is 5.05.